The predicted octanol–water partition coefficient (Wildman–Crippen LogP) is 3.72. The minimum absolute atomic E-state index is 0.310. The van der Waals surface area contributed by atoms with Gasteiger partial charge in [-0.05, 0) is 50.5 Å². The van der Waals surface area contributed by atoms with Crippen LogP contribution in [0.3, 0.4) is 0 Å². The van der Waals surface area contributed by atoms with Crippen molar-refractivity contribution >= 4 is 5.96 Å². The highest BCUT2D eigenvalue weighted by molar-refractivity contribution is 5.80. The van der Waals surface area contributed by atoms with Crippen LogP contribution in [0.4, 0.5) is 0 Å². The van der Waals surface area contributed by atoms with E-state index in [0.29, 0.717) is 18.1 Å². The summed E-state index contributed by atoms with van der Waals surface area (Å²) in [6, 6.07) is 8.82. The quantitative estimate of drug-likeness (QED) is 0.597. The van der Waals surface area contributed by atoms with Gasteiger partial charge >= 0.3 is 0 Å². The molecule has 2 aliphatic rings. The Morgan fingerprint density at radius 3 is 2.61 bits per heavy atom. The van der Waals surface area contributed by atoms with Gasteiger partial charge in [0.25, 0.3) is 0 Å². The molecule has 3 rings (SSSR count). The van der Waals surface area contributed by atoms with E-state index in [2.05, 4.69) is 53.3 Å². The van der Waals surface area contributed by atoms with Crippen molar-refractivity contribution in [3.63, 3.8) is 0 Å². The number of nitrogens with zero attached hydrogens (tertiary/aromatic N) is 2. The van der Waals surface area contributed by atoms with Crippen LogP contribution in [0.5, 0.6) is 0 Å². The zero-order valence-corrected chi connectivity index (χ0v) is 17.8. The second-order valence-electron chi connectivity index (χ2n) is 8.25. The molecule has 2 fully saturated rings. The molecule has 0 saturated carbocycles. The molecule has 2 atom stereocenters. The standard InChI is InChI=1S/C23H37N3O2/c1-18-7-9-20(10-8-18)19(2)16-25-23(24-3)26-13-11-21(12-14-26)28-17-22-6-4-5-15-27-22/h7-10,19,21-22H,4-6,11-17H2,1-3H3,(H,24,25). The summed E-state index contributed by atoms with van der Waals surface area (Å²) in [5.74, 6) is 1.46. The van der Waals surface area contributed by atoms with Crippen molar-refractivity contribution in [1.82, 2.24) is 10.2 Å². The molecule has 1 aromatic rings. The summed E-state index contributed by atoms with van der Waals surface area (Å²) >= 11 is 0. The molecular weight excluding hydrogens is 350 g/mol. The highest BCUT2D eigenvalue weighted by Gasteiger charge is 2.24. The van der Waals surface area contributed by atoms with Gasteiger partial charge in [-0.1, -0.05) is 36.8 Å². The second-order valence-corrected chi connectivity index (χ2v) is 8.25. The van der Waals surface area contributed by atoms with Crippen molar-refractivity contribution in [1.29, 1.82) is 0 Å². The Bertz CT molecular complexity index is 603. The summed E-state index contributed by atoms with van der Waals surface area (Å²) in [6.45, 7) is 8.93. The summed E-state index contributed by atoms with van der Waals surface area (Å²) < 4.78 is 11.9. The summed E-state index contributed by atoms with van der Waals surface area (Å²) in [6.07, 6.45) is 6.39. The molecule has 2 aliphatic heterocycles. The van der Waals surface area contributed by atoms with Crippen LogP contribution in [-0.2, 0) is 9.47 Å². The molecule has 0 bridgehead atoms. The maximum atomic E-state index is 6.14. The first kappa shape index (κ1) is 21.1. The molecule has 0 aromatic heterocycles. The van der Waals surface area contributed by atoms with Gasteiger partial charge in [0.2, 0.25) is 0 Å². The third-order valence-corrected chi connectivity index (χ3v) is 5.96. The van der Waals surface area contributed by atoms with Gasteiger partial charge < -0.3 is 19.7 Å². The molecule has 2 saturated heterocycles. The Labute approximate surface area is 170 Å². The van der Waals surface area contributed by atoms with Crippen molar-refractivity contribution in [3.8, 4) is 0 Å². The Morgan fingerprint density at radius 1 is 1.21 bits per heavy atom. The van der Waals surface area contributed by atoms with Crippen LogP contribution < -0.4 is 5.32 Å². The number of benzene rings is 1. The molecule has 2 unspecified atom stereocenters. The van der Waals surface area contributed by atoms with Crippen molar-refractivity contribution < 1.29 is 9.47 Å². The van der Waals surface area contributed by atoms with Gasteiger partial charge in [-0.3, -0.25) is 4.99 Å². The average molecular weight is 388 g/mol. The number of rotatable bonds is 6. The number of guanidine groups is 1. The maximum absolute atomic E-state index is 6.14. The van der Waals surface area contributed by atoms with Crippen LogP contribution in [0.15, 0.2) is 29.3 Å². The van der Waals surface area contributed by atoms with Crippen LogP contribution in [0.2, 0.25) is 0 Å². The molecule has 2 heterocycles. The van der Waals surface area contributed by atoms with E-state index in [1.807, 2.05) is 7.05 Å². The number of ether oxygens (including phenoxy) is 2. The first-order chi connectivity index (χ1) is 13.7. The third kappa shape index (κ3) is 6.21. The van der Waals surface area contributed by atoms with Crippen LogP contribution in [0.25, 0.3) is 0 Å². The zero-order valence-electron chi connectivity index (χ0n) is 17.8. The second kappa shape index (κ2) is 10.8. The van der Waals surface area contributed by atoms with E-state index in [9.17, 15) is 0 Å². The molecule has 1 aromatic carbocycles. The maximum Gasteiger partial charge on any atom is 0.193 e. The van der Waals surface area contributed by atoms with E-state index in [1.165, 1.54) is 24.0 Å². The fourth-order valence-corrected chi connectivity index (χ4v) is 4.01. The number of hydrogen-bond acceptors (Lipinski definition) is 3. The van der Waals surface area contributed by atoms with Gasteiger partial charge in [0.05, 0.1) is 18.8 Å². The first-order valence-electron chi connectivity index (χ1n) is 10.9. The lowest BCUT2D eigenvalue weighted by molar-refractivity contribution is -0.0721. The minimum Gasteiger partial charge on any atom is -0.376 e. The van der Waals surface area contributed by atoms with Gasteiger partial charge in [-0.15, -0.1) is 0 Å². The molecule has 0 radical (unpaired) electrons. The molecule has 1 N–H and O–H groups in total. The Morgan fingerprint density at radius 2 is 1.96 bits per heavy atom. The highest BCUT2D eigenvalue weighted by atomic mass is 16.5. The van der Waals surface area contributed by atoms with E-state index in [1.54, 1.807) is 0 Å². The number of aryl methyl sites for hydroxylation is 1. The Balaban J connectivity index is 1.38. The van der Waals surface area contributed by atoms with Gasteiger partial charge in [0, 0.05) is 33.3 Å². The van der Waals surface area contributed by atoms with Crippen LogP contribution in [0, 0.1) is 6.92 Å². The lowest BCUT2D eigenvalue weighted by atomic mass is 10.00. The van der Waals surface area contributed by atoms with Crippen molar-refractivity contribution in [2.75, 3.05) is 39.9 Å². The smallest absolute Gasteiger partial charge is 0.193 e. The number of hydrogen-bond donors (Lipinski definition) is 1. The van der Waals surface area contributed by atoms with Gasteiger partial charge in [-0.2, -0.15) is 0 Å². The molecule has 0 aliphatic carbocycles. The van der Waals surface area contributed by atoms with E-state index in [-0.39, 0.29) is 0 Å². The number of aliphatic imine (C=N–C) groups is 1. The highest BCUT2D eigenvalue weighted by Crippen LogP contribution is 2.19. The van der Waals surface area contributed by atoms with Gasteiger partial charge in [0.15, 0.2) is 5.96 Å². The van der Waals surface area contributed by atoms with Crippen LogP contribution in [0.1, 0.15) is 56.1 Å². The van der Waals surface area contributed by atoms with E-state index in [4.69, 9.17) is 9.47 Å². The van der Waals surface area contributed by atoms with Crippen molar-refractivity contribution in [3.05, 3.63) is 35.4 Å². The fourth-order valence-electron chi connectivity index (χ4n) is 4.01. The summed E-state index contributed by atoms with van der Waals surface area (Å²) in [4.78, 5) is 6.87. The lowest BCUT2D eigenvalue weighted by Crippen LogP contribution is -2.48. The summed E-state index contributed by atoms with van der Waals surface area (Å²) in [5, 5.41) is 3.57. The molecule has 5 nitrogen and oxygen atoms in total. The topological polar surface area (TPSA) is 46.1 Å². The first-order valence-corrected chi connectivity index (χ1v) is 10.9. The van der Waals surface area contributed by atoms with Crippen LogP contribution in [-0.4, -0.2) is 63.0 Å². The SMILES string of the molecule is CN=C(NCC(C)c1ccc(C)cc1)N1CCC(OCC2CCCCO2)CC1. The summed E-state index contributed by atoms with van der Waals surface area (Å²) in [5.41, 5.74) is 2.67. The zero-order chi connectivity index (χ0) is 19.8. The largest absolute Gasteiger partial charge is 0.376 e. The molecule has 156 valence electrons. The monoisotopic (exact) mass is 387 g/mol. The molecule has 5 heteroatoms. The Kier molecular flexibility index (Phi) is 8.16. The number of piperidine rings is 1. The lowest BCUT2D eigenvalue weighted by Gasteiger charge is -2.35. The normalized spacial score (nSPS) is 22.9. The van der Waals surface area contributed by atoms with Gasteiger partial charge in [-0.25, -0.2) is 0 Å². The summed E-state index contributed by atoms with van der Waals surface area (Å²) in [7, 11) is 1.88. The third-order valence-electron chi connectivity index (χ3n) is 5.96. The molecular formula is C23H37N3O2. The molecule has 0 spiro atoms. The van der Waals surface area contributed by atoms with Gasteiger partial charge in [0.1, 0.15) is 0 Å². The van der Waals surface area contributed by atoms with Crippen molar-refractivity contribution in [2.45, 2.75) is 64.1 Å². The van der Waals surface area contributed by atoms with E-state index >= 15 is 0 Å². The fraction of sp³-hybridized carbons (Fsp3) is 0.696. The predicted molar refractivity (Wildman–Crippen MR) is 115 cm³/mol. The van der Waals surface area contributed by atoms with E-state index in [0.717, 1.165) is 58.1 Å². The molecule has 28 heavy (non-hydrogen) atoms. The van der Waals surface area contributed by atoms with E-state index < -0.39 is 0 Å². The number of nitrogens with one attached hydrogen (secondary N) is 1. The number of likely N-dealkylation sites (tertiary alicyclic amines) is 1. The minimum atomic E-state index is 0.310. The average Bonchev–Trinajstić information content (AvgIpc) is 2.74. The van der Waals surface area contributed by atoms with Crippen molar-refractivity contribution in [2.24, 2.45) is 4.99 Å². The Hall–Kier alpha value is -1.59. The van der Waals surface area contributed by atoms with Crippen LogP contribution >= 0.6 is 0 Å². The molecule has 0 amide bonds.